The Kier molecular flexibility index (Phi) is 4.89. The highest BCUT2D eigenvalue weighted by Crippen LogP contribution is 2.26. The number of nitrogens with zero attached hydrogens (tertiary/aromatic N) is 4. The molecule has 2 N–H and O–H groups in total. The standard InChI is InChI=1S/C22H27N5O/c1-4-22(2,3)27-21(23-24-25-27)20(17-9-11-19(28)12-10-17)26-14-13-16-7-5-6-8-18(16)15-26/h5-12,20,28H,4,13-15H2,1-3H3/p+1/t20-/m1/s1. The number of benzene rings is 2. The molecule has 0 spiro atoms. The maximum Gasteiger partial charge on any atom is 0.214 e. The lowest BCUT2D eigenvalue weighted by atomic mass is 9.95. The van der Waals surface area contributed by atoms with Crippen LogP contribution in [0, 0.1) is 0 Å². The van der Waals surface area contributed by atoms with Gasteiger partial charge in [-0.25, -0.2) is 4.68 Å². The first-order valence-corrected chi connectivity index (χ1v) is 9.98. The molecule has 1 unspecified atom stereocenters. The van der Waals surface area contributed by atoms with Gasteiger partial charge < -0.3 is 10.0 Å². The molecule has 2 atom stereocenters. The molecule has 1 aliphatic rings. The van der Waals surface area contributed by atoms with E-state index in [0.717, 1.165) is 37.3 Å². The molecule has 2 aromatic carbocycles. The topological polar surface area (TPSA) is 68.3 Å². The zero-order valence-electron chi connectivity index (χ0n) is 16.8. The molecule has 2 heterocycles. The van der Waals surface area contributed by atoms with Crippen molar-refractivity contribution in [3.8, 4) is 5.75 Å². The second kappa shape index (κ2) is 7.36. The smallest absolute Gasteiger partial charge is 0.214 e. The quantitative estimate of drug-likeness (QED) is 0.715. The fourth-order valence-corrected chi connectivity index (χ4v) is 4.04. The molecular formula is C22H28N5O+. The maximum absolute atomic E-state index is 9.78. The molecule has 1 aliphatic heterocycles. The summed E-state index contributed by atoms with van der Waals surface area (Å²) in [6, 6.07) is 16.2. The minimum absolute atomic E-state index is 0.00906. The number of aromatic nitrogens is 4. The molecule has 6 heteroatoms. The summed E-state index contributed by atoms with van der Waals surface area (Å²) in [5.74, 6) is 1.15. The summed E-state index contributed by atoms with van der Waals surface area (Å²) >= 11 is 0. The Morgan fingerprint density at radius 3 is 2.54 bits per heavy atom. The Morgan fingerprint density at radius 2 is 1.82 bits per heavy atom. The first kappa shape index (κ1) is 18.6. The zero-order valence-corrected chi connectivity index (χ0v) is 16.8. The Morgan fingerprint density at radius 1 is 1.11 bits per heavy atom. The summed E-state index contributed by atoms with van der Waals surface area (Å²) in [4.78, 5) is 1.42. The van der Waals surface area contributed by atoms with Gasteiger partial charge >= 0.3 is 0 Å². The van der Waals surface area contributed by atoms with Crippen molar-refractivity contribution in [1.82, 2.24) is 20.2 Å². The van der Waals surface area contributed by atoms with Gasteiger partial charge in [0, 0.05) is 17.5 Å². The molecule has 0 saturated carbocycles. The van der Waals surface area contributed by atoms with Gasteiger partial charge in [0.2, 0.25) is 5.82 Å². The lowest BCUT2D eigenvalue weighted by Crippen LogP contribution is -3.12. The first-order chi connectivity index (χ1) is 13.5. The number of phenolic OH excluding ortho intramolecular Hbond substituents is 1. The van der Waals surface area contributed by atoms with Crippen LogP contribution in [0.15, 0.2) is 48.5 Å². The minimum Gasteiger partial charge on any atom is -0.508 e. The van der Waals surface area contributed by atoms with E-state index in [1.807, 2.05) is 16.8 Å². The van der Waals surface area contributed by atoms with Gasteiger partial charge in [-0.15, -0.1) is 5.10 Å². The Hall–Kier alpha value is -2.73. The van der Waals surface area contributed by atoms with E-state index in [4.69, 9.17) is 0 Å². The number of quaternary nitrogens is 1. The molecule has 6 nitrogen and oxygen atoms in total. The van der Waals surface area contributed by atoms with E-state index in [-0.39, 0.29) is 17.3 Å². The van der Waals surface area contributed by atoms with Gasteiger partial charge in [0.25, 0.3) is 0 Å². The molecule has 0 amide bonds. The van der Waals surface area contributed by atoms with Crippen LogP contribution < -0.4 is 4.90 Å². The van der Waals surface area contributed by atoms with Gasteiger partial charge in [-0.05, 0) is 60.5 Å². The molecule has 3 aromatic rings. The van der Waals surface area contributed by atoms with E-state index in [0.29, 0.717) is 0 Å². The number of nitrogens with one attached hydrogen (secondary N) is 1. The van der Waals surface area contributed by atoms with E-state index >= 15 is 0 Å². The number of fused-ring (bicyclic) bond motifs is 1. The molecule has 0 fully saturated rings. The molecule has 0 bridgehead atoms. The lowest BCUT2D eigenvalue weighted by Gasteiger charge is -2.34. The second-order valence-electron chi connectivity index (χ2n) is 8.24. The van der Waals surface area contributed by atoms with Crippen molar-refractivity contribution >= 4 is 0 Å². The maximum atomic E-state index is 9.78. The first-order valence-electron chi connectivity index (χ1n) is 9.98. The summed E-state index contributed by atoms with van der Waals surface area (Å²) < 4.78 is 1.98. The van der Waals surface area contributed by atoms with Gasteiger partial charge in [0.1, 0.15) is 12.3 Å². The summed E-state index contributed by atoms with van der Waals surface area (Å²) in [7, 11) is 0. The average molecular weight is 379 g/mol. The lowest BCUT2D eigenvalue weighted by molar-refractivity contribution is -0.941. The molecule has 4 rings (SSSR count). The predicted molar refractivity (Wildman–Crippen MR) is 107 cm³/mol. The van der Waals surface area contributed by atoms with E-state index in [9.17, 15) is 5.11 Å². The predicted octanol–water partition coefficient (Wildman–Crippen LogP) is 2.25. The summed E-state index contributed by atoms with van der Waals surface area (Å²) in [5, 5.41) is 22.7. The fraction of sp³-hybridized carbons (Fsp3) is 0.409. The van der Waals surface area contributed by atoms with Crippen LogP contribution in [0.1, 0.15) is 55.7 Å². The number of rotatable bonds is 5. The SMILES string of the molecule is CCC(C)(C)n1nnnc1[C@@H](c1ccc(O)cc1)[NH+]1CCc2ccccc2C1. The summed E-state index contributed by atoms with van der Waals surface area (Å²) in [5.41, 5.74) is 3.78. The fourth-order valence-electron chi connectivity index (χ4n) is 4.04. The Bertz CT molecular complexity index is 948. The van der Waals surface area contributed by atoms with Crippen molar-refractivity contribution in [3.63, 3.8) is 0 Å². The second-order valence-corrected chi connectivity index (χ2v) is 8.24. The van der Waals surface area contributed by atoms with E-state index < -0.39 is 0 Å². The molecule has 0 saturated heterocycles. The third-order valence-electron chi connectivity index (χ3n) is 6.08. The number of aromatic hydroxyl groups is 1. The highest BCUT2D eigenvalue weighted by atomic mass is 16.3. The Balaban J connectivity index is 1.79. The molecule has 1 aromatic heterocycles. The molecular weight excluding hydrogens is 350 g/mol. The van der Waals surface area contributed by atoms with Gasteiger partial charge in [0.05, 0.1) is 12.1 Å². The van der Waals surface area contributed by atoms with Crippen molar-refractivity contribution in [2.75, 3.05) is 6.54 Å². The molecule has 0 radical (unpaired) electrons. The zero-order chi connectivity index (χ0) is 19.7. The van der Waals surface area contributed by atoms with Gasteiger partial charge in [0.15, 0.2) is 6.04 Å². The molecule has 146 valence electrons. The summed E-state index contributed by atoms with van der Waals surface area (Å²) in [6.45, 7) is 8.44. The minimum atomic E-state index is -0.166. The molecule has 0 aliphatic carbocycles. The normalized spacial score (nSPS) is 17.9. The van der Waals surface area contributed by atoms with Crippen LogP contribution in [0.25, 0.3) is 0 Å². The van der Waals surface area contributed by atoms with Crippen LogP contribution in [-0.2, 0) is 18.5 Å². The molecule has 28 heavy (non-hydrogen) atoms. The van der Waals surface area contributed by atoms with Crippen LogP contribution in [0.4, 0.5) is 0 Å². The van der Waals surface area contributed by atoms with Crippen molar-refractivity contribution in [3.05, 3.63) is 71.0 Å². The van der Waals surface area contributed by atoms with E-state index in [1.165, 1.54) is 16.0 Å². The van der Waals surface area contributed by atoms with Gasteiger partial charge in [-0.1, -0.05) is 31.2 Å². The van der Waals surface area contributed by atoms with E-state index in [2.05, 4.69) is 60.6 Å². The van der Waals surface area contributed by atoms with Crippen LogP contribution >= 0.6 is 0 Å². The van der Waals surface area contributed by atoms with Gasteiger partial charge in [-0.2, -0.15) is 0 Å². The van der Waals surface area contributed by atoms with Crippen LogP contribution in [0.2, 0.25) is 0 Å². The largest absolute Gasteiger partial charge is 0.508 e. The van der Waals surface area contributed by atoms with E-state index in [1.54, 1.807) is 12.1 Å². The third-order valence-corrected chi connectivity index (χ3v) is 6.08. The summed E-state index contributed by atoms with van der Waals surface area (Å²) in [6.07, 6.45) is 1.98. The average Bonchev–Trinajstić information content (AvgIpc) is 3.20. The van der Waals surface area contributed by atoms with Crippen molar-refractivity contribution < 1.29 is 10.0 Å². The highest BCUT2D eigenvalue weighted by Gasteiger charge is 2.36. The van der Waals surface area contributed by atoms with Crippen molar-refractivity contribution in [1.29, 1.82) is 0 Å². The van der Waals surface area contributed by atoms with Crippen LogP contribution in [0.5, 0.6) is 5.75 Å². The van der Waals surface area contributed by atoms with Gasteiger partial charge in [-0.3, -0.25) is 0 Å². The van der Waals surface area contributed by atoms with Crippen LogP contribution in [-0.4, -0.2) is 31.9 Å². The van der Waals surface area contributed by atoms with Crippen molar-refractivity contribution in [2.24, 2.45) is 0 Å². The monoisotopic (exact) mass is 378 g/mol. The number of tetrazole rings is 1. The van der Waals surface area contributed by atoms with Crippen LogP contribution in [0.3, 0.4) is 0 Å². The highest BCUT2D eigenvalue weighted by molar-refractivity contribution is 5.31. The van der Waals surface area contributed by atoms with Crippen molar-refractivity contribution in [2.45, 2.75) is 51.7 Å². The number of hydrogen-bond acceptors (Lipinski definition) is 4. The number of hydrogen-bond donors (Lipinski definition) is 2. The third kappa shape index (κ3) is 3.40. The number of phenols is 1. The Labute approximate surface area is 165 Å².